The molecule has 0 aromatic heterocycles. The smallest absolute Gasteiger partial charge is 0.338 e. The van der Waals surface area contributed by atoms with Crippen LogP contribution in [0, 0.1) is 5.92 Å². The SMILES string of the molecule is CCCCCCCCCCCCCCCC(=O)OCC(COC(O)CCCCCCCCCCCCCCC)OC(=O)C1=CC(CNCC(=O)C(CC)CCCN(C)C)NC=C1. The first-order chi connectivity index (χ1) is 30.2. The van der Waals surface area contributed by atoms with Gasteiger partial charge in [0.05, 0.1) is 24.8 Å². The maximum atomic E-state index is 13.4. The predicted octanol–water partition coefficient (Wildman–Crippen LogP) is 11.7. The molecule has 0 aromatic rings. The fraction of sp³-hybridized carbons (Fsp3) is 0.865. The lowest BCUT2D eigenvalue weighted by atomic mass is 9.95. The molecule has 10 heteroatoms. The molecule has 1 heterocycles. The summed E-state index contributed by atoms with van der Waals surface area (Å²) in [6, 6.07) is -0.209. The number of hydrogen-bond acceptors (Lipinski definition) is 10. The molecule has 4 atom stereocenters. The van der Waals surface area contributed by atoms with Crippen molar-refractivity contribution in [2.45, 2.75) is 238 Å². The lowest BCUT2D eigenvalue weighted by molar-refractivity contribution is -0.170. The zero-order valence-corrected chi connectivity index (χ0v) is 40.8. The van der Waals surface area contributed by atoms with Crippen LogP contribution in [0.4, 0.5) is 0 Å². The van der Waals surface area contributed by atoms with Gasteiger partial charge < -0.3 is 34.9 Å². The summed E-state index contributed by atoms with van der Waals surface area (Å²) in [4.78, 5) is 41.2. The number of carbonyl (C=O) groups is 3. The second kappa shape index (κ2) is 41.4. The Kier molecular flexibility index (Phi) is 38.6. The highest BCUT2D eigenvalue weighted by molar-refractivity contribution is 5.92. The highest BCUT2D eigenvalue weighted by Gasteiger charge is 2.23. The number of ether oxygens (including phenoxy) is 3. The Hall–Kier alpha value is -2.27. The number of carbonyl (C=O) groups excluding carboxylic acids is 3. The van der Waals surface area contributed by atoms with Gasteiger partial charge in [0, 0.05) is 18.9 Å². The molecule has 0 aliphatic carbocycles. The van der Waals surface area contributed by atoms with E-state index in [4.69, 9.17) is 14.2 Å². The molecule has 362 valence electrons. The van der Waals surface area contributed by atoms with Gasteiger partial charge in [-0.1, -0.05) is 175 Å². The summed E-state index contributed by atoms with van der Waals surface area (Å²) in [5, 5.41) is 17.2. The largest absolute Gasteiger partial charge is 0.462 e. The van der Waals surface area contributed by atoms with Gasteiger partial charge in [-0.2, -0.15) is 0 Å². The highest BCUT2D eigenvalue weighted by Crippen LogP contribution is 2.17. The molecule has 0 spiro atoms. The summed E-state index contributed by atoms with van der Waals surface area (Å²) in [5.74, 6) is -0.614. The van der Waals surface area contributed by atoms with Crippen molar-refractivity contribution in [1.82, 2.24) is 15.5 Å². The van der Waals surface area contributed by atoms with Crippen LogP contribution in [0.5, 0.6) is 0 Å². The van der Waals surface area contributed by atoms with Crippen LogP contribution in [0.15, 0.2) is 23.9 Å². The van der Waals surface area contributed by atoms with Crippen molar-refractivity contribution in [1.29, 1.82) is 0 Å². The van der Waals surface area contributed by atoms with Gasteiger partial charge in [0.2, 0.25) is 0 Å². The Balaban J connectivity index is 2.54. The van der Waals surface area contributed by atoms with Crippen molar-refractivity contribution in [2.75, 3.05) is 46.9 Å². The number of dihydropyridines is 1. The van der Waals surface area contributed by atoms with E-state index >= 15 is 0 Å². The van der Waals surface area contributed by atoms with Crippen LogP contribution in [-0.4, -0.2) is 93.1 Å². The lowest BCUT2D eigenvalue weighted by Crippen LogP contribution is -2.40. The van der Waals surface area contributed by atoms with E-state index in [1.807, 2.05) is 14.1 Å². The van der Waals surface area contributed by atoms with Crippen LogP contribution in [0.3, 0.4) is 0 Å². The van der Waals surface area contributed by atoms with E-state index in [1.165, 1.54) is 128 Å². The number of ketones is 1. The number of Topliss-reactive ketones (excluding diaryl/α,β-unsaturated/α-hetero) is 1. The summed E-state index contributed by atoms with van der Waals surface area (Å²) in [5.41, 5.74) is 0.368. The van der Waals surface area contributed by atoms with Gasteiger partial charge in [0.15, 0.2) is 12.4 Å². The number of aliphatic hydroxyl groups excluding tert-OH is 1. The Morgan fingerprint density at radius 2 is 1.21 bits per heavy atom. The molecule has 0 saturated carbocycles. The fourth-order valence-corrected chi connectivity index (χ4v) is 8.10. The Morgan fingerprint density at radius 1 is 0.694 bits per heavy atom. The molecular weight excluding hydrogens is 779 g/mol. The van der Waals surface area contributed by atoms with E-state index in [9.17, 15) is 19.5 Å². The molecule has 62 heavy (non-hydrogen) atoms. The molecule has 0 saturated heterocycles. The van der Waals surface area contributed by atoms with Gasteiger partial charge in [-0.05, 0) is 77.5 Å². The Morgan fingerprint density at radius 3 is 1.73 bits per heavy atom. The number of esters is 2. The summed E-state index contributed by atoms with van der Waals surface area (Å²) >= 11 is 0. The van der Waals surface area contributed by atoms with E-state index in [0.29, 0.717) is 25.0 Å². The summed E-state index contributed by atoms with van der Waals surface area (Å²) in [7, 11) is 4.09. The number of hydrogen-bond donors (Lipinski definition) is 3. The van der Waals surface area contributed by atoms with Gasteiger partial charge in [0.1, 0.15) is 12.4 Å². The van der Waals surface area contributed by atoms with E-state index in [0.717, 1.165) is 64.3 Å². The van der Waals surface area contributed by atoms with E-state index < -0.39 is 18.4 Å². The van der Waals surface area contributed by atoms with Gasteiger partial charge in [-0.25, -0.2) is 4.79 Å². The van der Waals surface area contributed by atoms with Crippen LogP contribution < -0.4 is 10.6 Å². The number of nitrogens with one attached hydrogen (secondary N) is 2. The zero-order chi connectivity index (χ0) is 45.3. The minimum atomic E-state index is -0.984. The van der Waals surface area contributed by atoms with Crippen molar-refractivity contribution in [2.24, 2.45) is 5.92 Å². The molecule has 1 rings (SSSR count). The Labute approximate surface area is 380 Å². The van der Waals surface area contributed by atoms with Crippen LogP contribution in [0.2, 0.25) is 0 Å². The second-order valence-electron chi connectivity index (χ2n) is 18.4. The molecule has 3 N–H and O–H groups in total. The molecular formula is C52H97N3O7. The molecule has 0 radical (unpaired) electrons. The number of nitrogens with zero attached hydrogens (tertiary/aromatic N) is 1. The molecule has 0 bridgehead atoms. The number of aliphatic hydroxyl groups is 1. The van der Waals surface area contributed by atoms with E-state index in [1.54, 1.807) is 18.4 Å². The third-order valence-corrected chi connectivity index (χ3v) is 12.2. The second-order valence-corrected chi connectivity index (χ2v) is 18.4. The van der Waals surface area contributed by atoms with Crippen molar-refractivity contribution in [3.63, 3.8) is 0 Å². The van der Waals surface area contributed by atoms with Crippen molar-refractivity contribution in [3.05, 3.63) is 23.9 Å². The number of rotatable bonds is 45. The summed E-state index contributed by atoms with van der Waals surface area (Å²) < 4.78 is 17.2. The molecule has 10 nitrogen and oxygen atoms in total. The first-order valence-electron chi connectivity index (χ1n) is 25.9. The third-order valence-electron chi connectivity index (χ3n) is 12.2. The summed E-state index contributed by atoms with van der Waals surface area (Å²) in [6.07, 6.45) is 39.2. The predicted molar refractivity (Wildman–Crippen MR) is 257 cm³/mol. The monoisotopic (exact) mass is 876 g/mol. The van der Waals surface area contributed by atoms with Crippen LogP contribution in [-0.2, 0) is 28.6 Å². The van der Waals surface area contributed by atoms with Crippen molar-refractivity contribution < 1.29 is 33.7 Å². The quantitative estimate of drug-likeness (QED) is 0.0309. The van der Waals surface area contributed by atoms with E-state index in [2.05, 4.69) is 36.3 Å². The minimum absolute atomic E-state index is 0.0401. The van der Waals surface area contributed by atoms with Crippen molar-refractivity contribution in [3.8, 4) is 0 Å². The topological polar surface area (TPSA) is 126 Å². The molecule has 1 aliphatic rings. The van der Waals surface area contributed by atoms with Gasteiger partial charge in [-0.15, -0.1) is 0 Å². The number of unbranched alkanes of at least 4 members (excludes halogenated alkanes) is 24. The van der Waals surface area contributed by atoms with Gasteiger partial charge in [0.25, 0.3) is 0 Å². The van der Waals surface area contributed by atoms with Crippen LogP contribution in [0.1, 0.15) is 220 Å². The van der Waals surface area contributed by atoms with Gasteiger partial charge in [-0.3, -0.25) is 9.59 Å². The molecule has 0 fully saturated rings. The molecule has 0 aromatic carbocycles. The first-order valence-corrected chi connectivity index (χ1v) is 25.9. The third kappa shape index (κ3) is 34.2. The normalized spacial score (nSPS) is 15.3. The van der Waals surface area contributed by atoms with Crippen LogP contribution >= 0.6 is 0 Å². The zero-order valence-electron chi connectivity index (χ0n) is 40.8. The summed E-state index contributed by atoms with van der Waals surface area (Å²) in [6.45, 7) is 8.08. The fourth-order valence-electron chi connectivity index (χ4n) is 8.10. The average Bonchev–Trinajstić information content (AvgIpc) is 3.26. The molecule has 4 unspecified atom stereocenters. The molecule has 0 amide bonds. The molecule has 1 aliphatic heterocycles. The Bertz CT molecular complexity index is 1150. The van der Waals surface area contributed by atoms with Gasteiger partial charge >= 0.3 is 11.9 Å². The maximum Gasteiger partial charge on any atom is 0.338 e. The standard InChI is InChI=1S/C52H97N3O7/c1-6-9-11-13-15-17-19-21-23-25-27-29-31-35-50(57)60-43-48(44-61-51(58)36-32-30-28-26-24-22-20-18-16-14-12-10-7-2)62-52(59)46-37-38-54-47(40-46)41-53-42-49(56)45(8-3)34-33-39-55(4)5/h37-38,40,45,47-48,50,53-54,57H,6-36,39,41-44H2,1-5H3. The van der Waals surface area contributed by atoms with Crippen LogP contribution in [0.25, 0.3) is 0 Å². The first kappa shape index (κ1) is 57.7. The van der Waals surface area contributed by atoms with E-state index in [-0.39, 0.29) is 43.5 Å². The highest BCUT2D eigenvalue weighted by atomic mass is 16.6. The average molecular weight is 876 g/mol. The maximum absolute atomic E-state index is 13.4. The minimum Gasteiger partial charge on any atom is -0.462 e. The van der Waals surface area contributed by atoms with Crippen molar-refractivity contribution >= 4 is 17.7 Å². The lowest BCUT2D eigenvalue weighted by Gasteiger charge is -2.23.